The topological polar surface area (TPSA) is 56.7 Å². The van der Waals surface area contributed by atoms with Crippen molar-refractivity contribution in [3.8, 4) is 0 Å². The Morgan fingerprint density at radius 3 is 3.08 bits per heavy atom. The van der Waals surface area contributed by atoms with Gasteiger partial charge in [0.15, 0.2) is 5.82 Å². The molecule has 2 aromatic heterocycles. The van der Waals surface area contributed by atoms with Crippen LogP contribution in [-0.4, -0.2) is 19.9 Å². The Morgan fingerprint density at radius 2 is 2.50 bits per heavy atom. The van der Waals surface area contributed by atoms with E-state index in [4.69, 9.17) is 0 Å². The van der Waals surface area contributed by atoms with Gasteiger partial charge in [0.05, 0.1) is 0 Å². The number of nitrogens with zero attached hydrogens (tertiary/aromatic N) is 4. The molecule has 0 spiro atoms. The van der Waals surface area contributed by atoms with Crippen LogP contribution in [0.3, 0.4) is 0 Å². The Morgan fingerprint density at radius 1 is 1.58 bits per heavy atom. The summed E-state index contributed by atoms with van der Waals surface area (Å²) in [6.07, 6.45) is 3.13. The fourth-order valence-electron chi connectivity index (χ4n) is 0.832. The van der Waals surface area contributed by atoms with Gasteiger partial charge in [0, 0.05) is 6.20 Å². The van der Waals surface area contributed by atoms with Crippen molar-refractivity contribution in [2.45, 2.75) is 6.54 Å². The minimum atomic E-state index is 0.530. The van der Waals surface area contributed by atoms with Gasteiger partial charge in [-0.3, -0.25) is 4.68 Å². The summed E-state index contributed by atoms with van der Waals surface area (Å²) in [7, 11) is 0. The Balaban J connectivity index is 2.14. The van der Waals surface area contributed by atoms with Gasteiger partial charge in [0.25, 0.3) is 0 Å². The van der Waals surface area contributed by atoms with Crippen LogP contribution in [0.25, 0.3) is 0 Å². The summed E-state index contributed by atoms with van der Waals surface area (Å²) in [6.45, 7) is 0.530. The zero-order valence-corrected chi connectivity index (χ0v) is 7.60. The molecule has 0 amide bonds. The standard InChI is InChI=1S/C6H5BrN4O/c7-5-1-2-11(9-5)3-6-8-4-12-10-6/h1-2,4H,3H2. The van der Waals surface area contributed by atoms with Gasteiger partial charge < -0.3 is 4.52 Å². The van der Waals surface area contributed by atoms with Gasteiger partial charge in [-0.15, -0.1) is 0 Å². The molecule has 2 aromatic rings. The molecule has 0 bridgehead atoms. The van der Waals surface area contributed by atoms with E-state index in [1.807, 2.05) is 12.3 Å². The van der Waals surface area contributed by atoms with Gasteiger partial charge in [0.2, 0.25) is 6.39 Å². The van der Waals surface area contributed by atoms with Crippen LogP contribution in [0, 0.1) is 0 Å². The van der Waals surface area contributed by atoms with Crippen molar-refractivity contribution in [1.82, 2.24) is 19.9 Å². The van der Waals surface area contributed by atoms with Crippen molar-refractivity contribution in [1.29, 1.82) is 0 Å². The Hall–Kier alpha value is -1.17. The molecule has 0 radical (unpaired) electrons. The monoisotopic (exact) mass is 228 g/mol. The summed E-state index contributed by atoms with van der Waals surface area (Å²) < 4.78 is 7.09. The number of halogens is 1. The number of aromatic nitrogens is 4. The van der Waals surface area contributed by atoms with Crippen LogP contribution >= 0.6 is 15.9 Å². The number of hydrogen-bond acceptors (Lipinski definition) is 4. The van der Waals surface area contributed by atoms with Crippen LogP contribution < -0.4 is 0 Å². The van der Waals surface area contributed by atoms with E-state index in [-0.39, 0.29) is 0 Å². The van der Waals surface area contributed by atoms with E-state index in [1.54, 1.807) is 4.68 Å². The predicted octanol–water partition coefficient (Wildman–Crippen LogP) is 1.08. The maximum absolute atomic E-state index is 4.58. The average molecular weight is 229 g/mol. The Labute approximate surface area is 76.5 Å². The highest BCUT2D eigenvalue weighted by molar-refractivity contribution is 9.10. The lowest BCUT2D eigenvalue weighted by Crippen LogP contribution is -2.01. The first kappa shape index (κ1) is 7.48. The van der Waals surface area contributed by atoms with Crippen molar-refractivity contribution in [2.75, 3.05) is 0 Å². The molecule has 0 aliphatic rings. The highest BCUT2D eigenvalue weighted by Crippen LogP contribution is 2.04. The largest absolute Gasteiger partial charge is 0.343 e. The molecule has 12 heavy (non-hydrogen) atoms. The summed E-state index contributed by atoms with van der Waals surface area (Å²) in [5.74, 6) is 0.616. The molecule has 0 N–H and O–H groups in total. The molecule has 0 unspecified atom stereocenters. The first-order valence-electron chi connectivity index (χ1n) is 3.29. The molecule has 0 aromatic carbocycles. The minimum Gasteiger partial charge on any atom is -0.343 e. The van der Waals surface area contributed by atoms with Crippen LogP contribution in [0.15, 0.2) is 27.8 Å². The SMILES string of the molecule is Brc1ccn(Cc2ncon2)n1. The lowest BCUT2D eigenvalue weighted by molar-refractivity contribution is 0.407. The third-order valence-electron chi connectivity index (χ3n) is 1.32. The van der Waals surface area contributed by atoms with E-state index in [9.17, 15) is 0 Å². The van der Waals surface area contributed by atoms with Crippen molar-refractivity contribution in [2.24, 2.45) is 0 Å². The maximum Gasteiger partial charge on any atom is 0.213 e. The van der Waals surface area contributed by atoms with Gasteiger partial charge in [-0.25, -0.2) is 0 Å². The summed E-state index contributed by atoms with van der Waals surface area (Å²) in [4.78, 5) is 3.87. The average Bonchev–Trinajstić information content (AvgIpc) is 2.63. The third kappa shape index (κ3) is 1.53. The fraction of sp³-hybridized carbons (Fsp3) is 0.167. The van der Waals surface area contributed by atoms with E-state index in [2.05, 4.69) is 35.7 Å². The molecule has 5 nitrogen and oxygen atoms in total. The van der Waals surface area contributed by atoms with E-state index in [0.717, 1.165) is 4.60 Å². The smallest absolute Gasteiger partial charge is 0.213 e. The molecule has 0 atom stereocenters. The van der Waals surface area contributed by atoms with E-state index >= 15 is 0 Å². The number of rotatable bonds is 2. The van der Waals surface area contributed by atoms with Crippen molar-refractivity contribution < 1.29 is 4.52 Å². The van der Waals surface area contributed by atoms with Gasteiger partial charge in [-0.1, -0.05) is 5.16 Å². The Bertz CT molecular complexity index is 355. The zero-order valence-electron chi connectivity index (χ0n) is 6.01. The molecule has 0 saturated carbocycles. The third-order valence-corrected chi connectivity index (χ3v) is 1.74. The molecular weight excluding hydrogens is 224 g/mol. The first-order chi connectivity index (χ1) is 5.84. The summed E-state index contributed by atoms with van der Waals surface area (Å²) in [5.41, 5.74) is 0. The lowest BCUT2D eigenvalue weighted by atomic mass is 10.6. The maximum atomic E-state index is 4.58. The van der Waals surface area contributed by atoms with Crippen molar-refractivity contribution >= 4 is 15.9 Å². The zero-order chi connectivity index (χ0) is 8.39. The van der Waals surface area contributed by atoms with E-state index < -0.39 is 0 Å². The van der Waals surface area contributed by atoms with Gasteiger partial charge in [0.1, 0.15) is 11.1 Å². The van der Waals surface area contributed by atoms with Crippen LogP contribution in [0.1, 0.15) is 5.82 Å². The predicted molar refractivity (Wildman–Crippen MR) is 43.3 cm³/mol. The molecule has 6 heteroatoms. The van der Waals surface area contributed by atoms with E-state index in [1.165, 1.54) is 6.39 Å². The highest BCUT2D eigenvalue weighted by Gasteiger charge is 2.00. The van der Waals surface area contributed by atoms with Gasteiger partial charge in [-0.05, 0) is 22.0 Å². The molecule has 0 aliphatic carbocycles. The van der Waals surface area contributed by atoms with Crippen molar-refractivity contribution in [3.05, 3.63) is 29.1 Å². The highest BCUT2D eigenvalue weighted by atomic mass is 79.9. The summed E-state index contributed by atoms with van der Waals surface area (Å²) >= 11 is 3.24. The summed E-state index contributed by atoms with van der Waals surface area (Å²) in [6, 6.07) is 1.85. The van der Waals surface area contributed by atoms with Gasteiger partial charge in [-0.2, -0.15) is 10.1 Å². The molecule has 62 valence electrons. The normalized spacial score (nSPS) is 10.4. The second kappa shape index (κ2) is 3.06. The quantitative estimate of drug-likeness (QED) is 0.772. The first-order valence-corrected chi connectivity index (χ1v) is 4.08. The molecular formula is C6H5BrN4O. The molecule has 2 rings (SSSR count). The second-order valence-corrected chi connectivity index (χ2v) is 3.00. The fourth-order valence-corrected chi connectivity index (χ4v) is 1.15. The molecule has 2 heterocycles. The molecule has 0 fully saturated rings. The second-order valence-electron chi connectivity index (χ2n) is 2.18. The van der Waals surface area contributed by atoms with Crippen molar-refractivity contribution in [3.63, 3.8) is 0 Å². The molecule has 0 aliphatic heterocycles. The molecule has 0 saturated heterocycles. The van der Waals surface area contributed by atoms with E-state index in [0.29, 0.717) is 12.4 Å². The Kier molecular flexibility index (Phi) is 1.91. The van der Waals surface area contributed by atoms with Crippen LogP contribution in [0.4, 0.5) is 0 Å². The van der Waals surface area contributed by atoms with Gasteiger partial charge >= 0.3 is 0 Å². The lowest BCUT2D eigenvalue weighted by Gasteiger charge is -1.92. The summed E-state index contributed by atoms with van der Waals surface area (Å²) in [5, 5.41) is 7.76. The van der Waals surface area contributed by atoms with Crippen LogP contribution in [0.2, 0.25) is 0 Å². The minimum absolute atomic E-state index is 0.530. The number of hydrogen-bond donors (Lipinski definition) is 0. The van der Waals surface area contributed by atoms with Crippen LogP contribution in [0.5, 0.6) is 0 Å². The van der Waals surface area contributed by atoms with Crippen LogP contribution in [-0.2, 0) is 6.54 Å².